The first-order chi connectivity index (χ1) is 10.1. The van der Waals surface area contributed by atoms with Gasteiger partial charge in [0.1, 0.15) is 5.82 Å². The van der Waals surface area contributed by atoms with Crippen molar-refractivity contribution >= 4 is 27.3 Å². The summed E-state index contributed by atoms with van der Waals surface area (Å²) in [6, 6.07) is 13.5. The summed E-state index contributed by atoms with van der Waals surface area (Å²) in [5.41, 5.74) is 8.11. The predicted molar refractivity (Wildman–Crippen MR) is 89.1 cm³/mol. The lowest BCUT2D eigenvalue weighted by atomic mass is 9.89. The van der Waals surface area contributed by atoms with Gasteiger partial charge in [0.15, 0.2) is 0 Å². The van der Waals surface area contributed by atoms with Gasteiger partial charge in [-0.05, 0) is 54.7 Å². The van der Waals surface area contributed by atoms with E-state index in [0.717, 1.165) is 30.4 Å². The average Bonchev–Trinajstić information content (AvgIpc) is 2.48. The summed E-state index contributed by atoms with van der Waals surface area (Å²) in [6.07, 6.45) is 2.09. The molecule has 110 valence electrons. The van der Waals surface area contributed by atoms with E-state index in [0.29, 0.717) is 17.3 Å². The number of hydrogen-bond donors (Lipinski definition) is 1. The summed E-state index contributed by atoms with van der Waals surface area (Å²) >= 11 is 3.46. The second-order valence-electron chi connectivity index (χ2n) is 5.52. The van der Waals surface area contributed by atoms with E-state index in [9.17, 15) is 4.39 Å². The molecule has 2 nitrogen and oxygen atoms in total. The van der Waals surface area contributed by atoms with Gasteiger partial charge in [-0.25, -0.2) is 4.39 Å². The van der Waals surface area contributed by atoms with E-state index in [4.69, 9.17) is 5.73 Å². The van der Waals surface area contributed by atoms with E-state index in [2.05, 4.69) is 45.1 Å². The molecule has 2 N–H and O–H groups in total. The SMILES string of the molecule is Nc1ccc(N2CCC(c3ccc(Br)cc3)CC2)c(F)c1. The fraction of sp³-hybridized carbons (Fsp3) is 0.294. The third-order valence-electron chi connectivity index (χ3n) is 4.15. The highest BCUT2D eigenvalue weighted by molar-refractivity contribution is 9.10. The Morgan fingerprint density at radius 1 is 1.05 bits per heavy atom. The number of nitrogens with zero attached hydrogens (tertiary/aromatic N) is 1. The normalized spacial score (nSPS) is 16.2. The maximum atomic E-state index is 14.0. The molecule has 1 aliphatic heterocycles. The van der Waals surface area contributed by atoms with Crippen molar-refractivity contribution in [1.82, 2.24) is 0 Å². The largest absolute Gasteiger partial charge is 0.399 e. The van der Waals surface area contributed by atoms with Crippen LogP contribution in [0.5, 0.6) is 0 Å². The average molecular weight is 349 g/mol. The van der Waals surface area contributed by atoms with Crippen molar-refractivity contribution in [3.05, 3.63) is 58.3 Å². The standard InChI is InChI=1S/C17H18BrFN2/c18-14-3-1-12(2-4-14)13-7-9-21(10-8-13)17-6-5-15(20)11-16(17)19/h1-6,11,13H,7-10,20H2. The van der Waals surface area contributed by atoms with Crippen LogP contribution in [0.2, 0.25) is 0 Å². The molecule has 0 saturated carbocycles. The van der Waals surface area contributed by atoms with Crippen molar-refractivity contribution in [3.8, 4) is 0 Å². The molecule has 0 bridgehead atoms. The fourth-order valence-electron chi connectivity index (χ4n) is 2.97. The fourth-order valence-corrected chi connectivity index (χ4v) is 3.23. The Labute approximate surface area is 132 Å². The number of halogens is 2. The number of anilines is 2. The molecule has 0 atom stereocenters. The predicted octanol–water partition coefficient (Wildman–Crippen LogP) is 4.55. The summed E-state index contributed by atoms with van der Waals surface area (Å²) < 4.78 is 15.1. The number of benzene rings is 2. The van der Waals surface area contributed by atoms with Crippen LogP contribution < -0.4 is 10.6 Å². The third-order valence-corrected chi connectivity index (χ3v) is 4.68. The number of nitrogen functional groups attached to an aromatic ring is 1. The Morgan fingerprint density at radius 2 is 1.71 bits per heavy atom. The van der Waals surface area contributed by atoms with Gasteiger partial charge in [0, 0.05) is 23.2 Å². The van der Waals surface area contributed by atoms with E-state index in [1.54, 1.807) is 12.1 Å². The Bertz CT molecular complexity index is 619. The van der Waals surface area contributed by atoms with Crippen LogP contribution in [-0.4, -0.2) is 13.1 Å². The topological polar surface area (TPSA) is 29.3 Å². The number of rotatable bonds is 2. The van der Waals surface area contributed by atoms with Crippen molar-refractivity contribution in [2.75, 3.05) is 23.7 Å². The van der Waals surface area contributed by atoms with E-state index in [1.807, 2.05) is 0 Å². The number of nitrogens with two attached hydrogens (primary N) is 1. The van der Waals surface area contributed by atoms with Gasteiger partial charge >= 0.3 is 0 Å². The molecule has 21 heavy (non-hydrogen) atoms. The van der Waals surface area contributed by atoms with Crippen molar-refractivity contribution < 1.29 is 4.39 Å². The molecule has 1 fully saturated rings. The Kier molecular flexibility index (Phi) is 4.15. The molecular formula is C17H18BrFN2. The van der Waals surface area contributed by atoms with E-state index in [-0.39, 0.29) is 5.82 Å². The maximum Gasteiger partial charge on any atom is 0.148 e. The zero-order chi connectivity index (χ0) is 14.8. The molecule has 4 heteroatoms. The number of piperidine rings is 1. The van der Waals surface area contributed by atoms with E-state index >= 15 is 0 Å². The van der Waals surface area contributed by atoms with Crippen molar-refractivity contribution in [3.63, 3.8) is 0 Å². The van der Waals surface area contributed by atoms with Gasteiger partial charge in [-0.1, -0.05) is 28.1 Å². The van der Waals surface area contributed by atoms with Crippen molar-refractivity contribution in [1.29, 1.82) is 0 Å². The van der Waals surface area contributed by atoms with Crippen LogP contribution in [0.15, 0.2) is 46.9 Å². The lowest BCUT2D eigenvalue weighted by Crippen LogP contribution is -2.33. The third kappa shape index (κ3) is 3.21. The van der Waals surface area contributed by atoms with Gasteiger partial charge in [-0.15, -0.1) is 0 Å². The molecule has 0 aliphatic carbocycles. The molecule has 0 amide bonds. The zero-order valence-electron chi connectivity index (χ0n) is 11.7. The van der Waals surface area contributed by atoms with Crippen LogP contribution in [0.3, 0.4) is 0 Å². The summed E-state index contributed by atoms with van der Waals surface area (Å²) in [5, 5.41) is 0. The lowest BCUT2D eigenvalue weighted by molar-refractivity contribution is 0.497. The first-order valence-electron chi connectivity index (χ1n) is 7.19. The first kappa shape index (κ1) is 14.4. The van der Waals surface area contributed by atoms with Gasteiger partial charge in [0.05, 0.1) is 5.69 Å². The Balaban J connectivity index is 1.68. The van der Waals surface area contributed by atoms with Crippen LogP contribution >= 0.6 is 15.9 Å². The summed E-state index contributed by atoms with van der Waals surface area (Å²) in [6.45, 7) is 1.75. The molecule has 3 rings (SSSR count). The maximum absolute atomic E-state index is 14.0. The van der Waals surface area contributed by atoms with Crippen LogP contribution in [0.1, 0.15) is 24.3 Å². The monoisotopic (exact) mass is 348 g/mol. The molecule has 1 saturated heterocycles. The molecule has 1 aliphatic rings. The molecule has 1 heterocycles. The Hall–Kier alpha value is -1.55. The van der Waals surface area contributed by atoms with Crippen molar-refractivity contribution in [2.45, 2.75) is 18.8 Å². The van der Waals surface area contributed by atoms with Crippen molar-refractivity contribution in [2.24, 2.45) is 0 Å². The van der Waals surface area contributed by atoms with Crippen LogP contribution in [0, 0.1) is 5.82 Å². The molecular weight excluding hydrogens is 331 g/mol. The minimum absolute atomic E-state index is 0.225. The summed E-state index contributed by atoms with van der Waals surface area (Å²) in [4.78, 5) is 2.12. The molecule has 0 aromatic heterocycles. The van der Waals surface area contributed by atoms with Gasteiger partial charge in [-0.2, -0.15) is 0 Å². The van der Waals surface area contributed by atoms with Gasteiger partial charge < -0.3 is 10.6 Å². The molecule has 0 unspecified atom stereocenters. The lowest BCUT2D eigenvalue weighted by Gasteiger charge is -2.34. The first-order valence-corrected chi connectivity index (χ1v) is 7.98. The van der Waals surface area contributed by atoms with Crippen LogP contribution in [0.4, 0.5) is 15.8 Å². The summed E-state index contributed by atoms with van der Waals surface area (Å²) in [7, 11) is 0. The molecule has 0 spiro atoms. The van der Waals surface area contributed by atoms with Gasteiger partial charge in [0.25, 0.3) is 0 Å². The highest BCUT2D eigenvalue weighted by Crippen LogP contribution is 2.32. The quantitative estimate of drug-likeness (QED) is 0.806. The second-order valence-corrected chi connectivity index (χ2v) is 6.44. The van der Waals surface area contributed by atoms with E-state index in [1.165, 1.54) is 11.6 Å². The van der Waals surface area contributed by atoms with Gasteiger partial charge in [0.2, 0.25) is 0 Å². The van der Waals surface area contributed by atoms with Crippen LogP contribution in [-0.2, 0) is 0 Å². The number of hydrogen-bond acceptors (Lipinski definition) is 2. The minimum Gasteiger partial charge on any atom is -0.399 e. The minimum atomic E-state index is -0.225. The summed E-state index contributed by atoms with van der Waals surface area (Å²) in [5.74, 6) is 0.336. The van der Waals surface area contributed by atoms with E-state index < -0.39 is 0 Å². The smallest absolute Gasteiger partial charge is 0.148 e. The molecule has 0 radical (unpaired) electrons. The second kappa shape index (κ2) is 6.06. The molecule has 2 aromatic rings. The van der Waals surface area contributed by atoms with Crippen LogP contribution in [0.25, 0.3) is 0 Å². The highest BCUT2D eigenvalue weighted by atomic mass is 79.9. The van der Waals surface area contributed by atoms with Gasteiger partial charge in [-0.3, -0.25) is 0 Å². The zero-order valence-corrected chi connectivity index (χ0v) is 13.3. The molecule has 2 aromatic carbocycles. The highest BCUT2D eigenvalue weighted by Gasteiger charge is 2.22. The Morgan fingerprint density at radius 3 is 2.33 bits per heavy atom.